The van der Waals surface area contributed by atoms with E-state index in [2.05, 4.69) is 10.1 Å². The maximum Gasteiger partial charge on any atom is 0.259 e. The van der Waals surface area contributed by atoms with Crippen molar-refractivity contribution in [2.75, 3.05) is 19.7 Å². The monoisotopic (exact) mass is 351 g/mol. The first-order chi connectivity index (χ1) is 12.7. The second kappa shape index (κ2) is 6.88. The first-order valence-electron chi connectivity index (χ1n) is 8.98. The average Bonchev–Trinajstić information content (AvgIpc) is 3.45. The molecule has 0 saturated heterocycles. The molecule has 0 spiro atoms. The van der Waals surface area contributed by atoms with Crippen molar-refractivity contribution >= 4 is 17.0 Å². The SMILES string of the molecule is CCN(CCO)C(=O)c1cc(C2CC2)nc2onc(-c3ccccc3)c12. The summed E-state index contributed by atoms with van der Waals surface area (Å²) < 4.78 is 5.51. The molecule has 0 atom stereocenters. The molecule has 1 aliphatic carbocycles. The van der Waals surface area contributed by atoms with Gasteiger partial charge in [-0.3, -0.25) is 4.79 Å². The Hall–Kier alpha value is -2.73. The number of carbonyl (C=O) groups is 1. The number of nitrogens with zero attached hydrogens (tertiary/aromatic N) is 3. The topological polar surface area (TPSA) is 79.5 Å². The lowest BCUT2D eigenvalue weighted by molar-refractivity contribution is 0.0733. The van der Waals surface area contributed by atoms with Crippen LogP contribution >= 0.6 is 0 Å². The van der Waals surface area contributed by atoms with Crippen molar-refractivity contribution in [3.63, 3.8) is 0 Å². The van der Waals surface area contributed by atoms with Crippen molar-refractivity contribution < 1.29 is 14.4 Å². The summed E-state index contributed by atoms with van der Waals surface area (Å²) in [6.45, 7) is 2.65. The highest BCUT2D eigenvalue weighted by Gasteiger charge is 2.30. The lowest BCUT2D eigenvalue weighted by Crippen LogP contribution is -2.33. The summed E-state index contributed by atoms with van der Waals surface area (Å²) in [7, 11) is 0. The predicted molar refractivity (Wildman–Crippen MR) is 97.9 cm³/mol. The first kappa shape index (κ1) is 16.7. The normalized spacial score (nSPS) is 13.9. The van der Waals surface area contributed by atoms with Gasteiger partial charge in [-0.2, -0.15) is 0 Å². The van der Waals surface area contributed by atoms with E-state index in [0.717, 1.165) is 24.1 Å². The van der Waals surface area contributed by atoms with E-state index in [-0.39, 0.29) is 12.5 Å². The third-order valence-corrected chi connectivity index (χ3v) is 4.78. The minimum absolute atomic E-state index is 0.0710. The van der Waals surface area contributed by atoms with Gasteiger partial charge in [0.15, 0.2) is 0 Å². The van der Waals surface area contributed by atoms with Gasteiger partial charge >= 0.3 is 0 Å². The number of hydrogen-bond acceptors (Lipinski definition) is 5. The Labute approximate surface area is 151 Å². The molecule has 1 aliphatic rings. The highest BCUT2D eigenvalue weighted by Crippen LogP contribution is 2.41. The summed E-state index contributed by atoms with van der Waals surface area (Å²) in [4.78, 5) is 19.4. The third-order valence-electron chi connectivity index (χ3n) is 4.78. The van der Waals surface area contributed by atoms with Crippen LogP contribution in [0.3, 0.4) is 0 Å². The fourth-order valence-corrected chi connectivity index (χ4v) is 3.21. The second-order valence-electron chi connectivity index (χ2n) is 6.55. The average molecular weight is 351 g/mol. The summed E-state index contributed by atoms with van der Waals surface area (Å²) in [5.41, 5.74) is 3.34. The largest absolute Gasteiger partial charge is 0.395 e. The number of pyridine rings is 1. The van der Waals surface area contributed by atoms with Crippen molar-refractivity contribution in [3.05, 3.63) is 47.7 Å². The fraction of sp³-hybridized carbons (Fsp3) is 0.350. The van der Waals surface area contributed by atoms with Gasteiger partial charge in [-0.05, 0) is 25.8 Å². The van der Waals surface area contributed by atoms with Gasteiger partial charge in [-0.15, -0.1) is 0 Å². The Morgan fingerprint density at radius 1 is 1.31 bits per heavy atom. The molecule has 0 radical (unpaired) electrons. The number of carbonyl (C=O) groups excluding carboxylic acids is 1. The zero-order valence-corrected chi connectivity index (χ0v) is 14.7. The molecule has 134 valence electrons. The molecule has 1 amide bonds. The molecular formula is C20H21N3O3. The number of aromatic nitrogens is 2. The Morgan fingerprint density at radius 2 is 2.08 bits per heavy atom. The molecule has 0 unspecified atom stereocenters. The standard InChI is InChI=1S/C20H21N3O3/c1-2-23(10-11-24)20(25)15-12-16(13-8-9-13)21-19-17(15)18(22-26-19)14-6-4-3-5-7-14/h3-7,12-13,24H,2,8-11H2,1H3. The lowest BCUT2D eigenvalue weighted by Gasteiger charge is -2.20. The van der Waals surface area contributed by atoms with Gasteiger partial charge in [0.05, 0.1) is 17.6 Å². The van der Waals surface area contributed by atoms with Gasteiger partial charge in [0, 0.05) is 30.3 Å². The number of rotatable bonds is 6. The van der Waals surface area contributed by atoms with Crippen LogP contribution in [0.5, 0.6) is 0 Å². The van der Waals surface area contributed by atoms with Gasteiger partial charge in [-0.1, -0.05) is 35.5 Å². The van der Waals surface area contributed by atoms with Gasteiger partial charge in [0.25, 0.3) is 11.6 Å². The molecule has 1 saturated carbocycles. The van der Waals surface area contributed by atoms with Crippen LogP contribution in [-0.4, -0.2) is 45.8 Å². The zero-order valence-electron chi connectivity index (χ0n) is 14.7. The van der Waals surface area contributed by atoms with Crippen LogP contribution in [0.15, 0.2) is 40.9 Å². The van der Waals surface area contributed by atoms with E-state index in [1.54, 1.807) is 4.90 Å². The number of amides is 1. The van der Waals surface area contributed by atoms with Crippen LogP contribution in [-0.2, 0) is 0 Å². The third kappa shape index (κ3) is 2.97. The van der Waals surface area contributed by atoms with Crippen molar-refractivity contribution in [1.29, 1.82) is 0 Å². The van der Waals surface area contributed by atoms with Crippen LogP contribution in [0, 0.1) is 0 Å². The Bertz CT molecular complexity index is 932. The molecular weight excluding hydrogens is 330 g/mol. The van der Waals surface area contributed by atoms with Gasteiger partial charge in [0.1, 0.15) is 5.69 Å². The van der Waals surface area contributed by atoms with Crippen LogP contribution in [0.1, 0.15) is 41.7 Å². The van der Waals surface area contributed by atoms with Crippen LogP contribution in [0.4, 0.5) is 0 Å². The van der Waals surface area contributed by atoms with Crippen LogP contribution < -0.4 is 0 Å². The van der Waals surface area contributed by atoms with Gasteiger partial charge < -0.3 is 14.5 Å². The molecule has 2 aromatic heterocycles. The molecule has 6 nitrogen and oxygen atoms in total. The molecule has 1 N–H and O–H groups in total. The van der Waals surface area contributed by atoms with E-state index >= 15 is 0 Å². The smallest absolute Gasteiger partial charge is 0.259 e. The highest BCUT2D eigenvalue weighted by molar-refractivity contribution is 6.09. The van der Waals surface area contributed by atoms with Crippen LogP contribution in [0.25, 0.3) is 22.4 Å². The van der Waals surface area contributed by atoms with E-state index < -0.39 is 0 Å². The number of aliphatic hydroxyl groups is 1. The molecule has 1 aromatic carbocycles. The minimum Gasteiger partial charge on any atom is -0.395 e. The number of fused-ring (bicyclic) bond motifs is 1. The molecule has 26 heavy (non-hydrogen) atoms. The summed E-state index contributed by atoms with van der Waals surface area (Å²) in [5, 5.41) is 14.1. The molecule has 1 fully saturated rings. The Morgan fingerprint density at radius 3 is 2.73 bits per heavy atom. The molecule has 4 rings (SSSR count). The van der Waals surface area contributed by atoms with Crippen molar-refractivity contribution in [3.8, 4) is 11.3 Å². The highest BCUT2D eigenvalue weighted by atomic mass is 16.5. The van der Waals surface area contributed by atoms with E-state index in [1.165, 1.54) is 0 Å². The van der Waals surface area contributed by atoms with E-state index in [9.17, 15) is 9.90 Å². The Balaban J connectivity index is 1.90. The second-order valence-corrected chi connectivity index (χ2v) is 6.55. The summed E-state index contributed by atoms with van der Waals surface area (Å²) >= 11 is 0. The van der Waals surface area contributed by atoms with E-state index in [1.807, 2.05) is 43.3 Å². The molecule has 0 bridgehead atoms. The van der Waals surface area contributed by atoms with E-state index in [0.29, 0.717) is 41.4 Å². The zero-order chi connectivity index (χ0) is 18.1. The maximum absolute atomic E-state index is 13.2. The molecule has 3 aromatic rings. The molecule has 0 aliphatic heterocycles. The van der Waals surface area contributed by atoms with Gasteiger partial charge in [0.2, 0.25) is 0 Å². The summed E-state index contributed by atoms with van der Waals surface area (Å²) in [6, 6.07) is 11.5. The minimum atomic E-state index is -0.128. The van der Waals surface area contributed by atoms with Crippen molar-refractivity contribution in [2.24, 2.45) is 0 Å². The number of benzene rings is 1. The van der Waals surface area contributed by atoms with Gasteiger partial charge in [-0.25, -0.2) is 4.98 Å². The van der Waals surface area contributed by atoms with Crippen LogP contribution in [0.2, 0.25) is 0 Å². The maximum atomic E-state index is 13.2. The molecule has 6 heteroatoms. The number of hydrogen-bond donors (Lipinski definition) is 1. The number of aliphatic hydroxyl groups excluding tert-OH is 1. The quantitative estimate of drug-likeness (QED) is 0.737. The summed E-state index contributed by atoms with van der Waals surface area (Å²) in [6.07, 6.45) is 2.17. The first-order valence-corrected chi connectivity index (χ1v) is 8.98. The fourth-order valence-electron chi connectivity index (χ4n) is 3.21. The number of likely N-dealkylation sites (N-methyl/N-ethyl adjacent to an activating group) is 1. The van der Waals surface area contributed by atoms with Crippen molar-refractivity contribution in [1.82, 2.24) is 15.0 Å². The summed E-state index contributed by atoms with van der Waals surface area (Å²) in [5.74, 6) is 0.264. The lowest BCUT2D eigenvalue weighted by atomic mass is 10.0. The Kier molecular flexibility index (Phi) is 4.42. The molecule has 2 heterocycles. The van der Waals surface area contributed by atoms with Crippen molar-refractivity contribution in [2.45, 2.75) is 25.7 Å². The predicted octanol–water partition coefficient (Wildman–Crippen LogP) is 3.22. The van der Waals surface area contributed by atoms with E-state index in [4.69, 9.17) is 4.52 Å².